The molecule has 23 heavy (non-hydrogen) atoms. The second-order valence-corrected chi connectivity index (χ2v) is 6.81. The van der Waals surface area contributed by atoms with E-state index in [9.17, 15) is 9.59 Å². The van der Waals surface area contributed by atoms with Gasteiger partial charge in [-0.1, -0.05) is 30.9 Å². The van der Waals surface area contributed by atoms with Crippen molar-refractivity contribution in [1.82, 2.24) is 4.98 Å². The Labute approximate surface area is 140 Å². The molecule has 3 rings (SSSR count). The molecule has 4 nitrogen and oxygen atoms in total. The molecule has 1 aromatic carbocycles. The van der Waals surface area contributed by atoms with E-state index in [4.69, 9.17) is 17.3 Å². The van der Waals surface area contributed by atoms with E-state index in [0.29, 0.717) is 16.3 Å². The minimum absolute atomic E-state index is 0.0305. The molecule has 3 N–H and O–H groups in total. The van der Waals surface area contributed by atoms with Gasteiger partial charge in [0.05, 0.1) is 6.04 Å². The summed E-state index contributed by atoms with van der Waals surface area (Å²) in [5, 5.41) is 1.76. The maximum absolute atomic E-state index is 12.5. The van der Waals surface area contributed by atoms with Crippen LogP contribution in [0.3, 0.4) is 0 Å². The van der Waals surface area contributed by atoms with Crippen LogP contribution in [0.2, 0.25) is 5.02 Å². The number of ketones is 1. The van der Waals surface area contributed by atoms with Crippen molar-refractivity contribution in [3.05, 3.63) is 45.3 Å². The Morgan fingerprint density at radius 3 is 2.78 bits per heavy atom. The van der Waals surface area contributed by atoms with Crippen LogP contribution in [0, 0.1) is 5.92 Å². The summed E-state index contributed by atoms with van der Waals surface area (Å²) in [6, 6.07) is 4.84. The third kappa shape index (κ3) is 3.48. The summed E-state index contributed by atoms with van der Waals surface area (Å²) >= 11 is 6.26. The summed E-state index contributed by atoms with van der Waals surface area (Å²) < 4.78 is 0. The average molecular weight is 333 g/mol. The van der Waals surface area contributed by atoms with E-state index in [2.05, 4.69) is 4.98 Å². The van der Waals surface area contributed by atoms with Gasteiger partial charge in [0.1, 0.15) is 0 Å². The van der Waals surface area contributed by atoms with E-state index in [0.717, 1.165) is 36.6 Å². The topological polar surface area (TPSA) is 76.0 Å². The number of nitrogens with one attached hydrogen (secondary N) is 1. The number of carbonyl (C=O) groups excluding carboxylic acids is 1. The predicted molar refractivity (Wildman–Crippen MR) is 92.8 cm³/mol. The molecule has 1 fully saturated rings. The minimum Gasteiger partial charge on any atom is -0.329 e. The van der Waals surface area contributed by atoms with Crippen LogP contribution in [0.25, 0.3) is 10.8 Å². The summed E-state index contributed by atoms with van der Waals surface area (Å²) in [5.74, 6) is 0.321. The molecule has 122 valence electrons. The van der Waals surface area contributed by atoms with Crippen LogP contribution in [0.15, 0.2) is 29.2 Å². The van der Waals surface area contributed by atoms with Gasteiger partial charge in [0, 0.05) is 23.0 Å². The van der Waals surface area contributed by atoms with E-state index < -0.39 is 6.04 Å². The molecule has 5 heteroatoms. The molecule has 0 bridgehead atoms. The molecule has 1 aliphatic rings. The number of nitrogens with two attached hydrogens (primary N) is 1. The lowest BCUT2D eigenvalue weighted by Gasteiger charge is -2.26. The van der Waals surface area contributed by atoms with E-state index >= 15 is 0 Å². The number of rotatable bonds is 4. The Hall–Kier alpha value is -1.65. The average Bonchev–Trinajstić information content (AvgIpc) is 2.56. The number of H-pyrrole nitrogens is 1. The lowest BCUT2D eigenvalue weighted by atomic mass is 9.81. The monoisotopic (exact) mass is 332 g/mol. The molecule has 0 spiro atoms. The molecular formula is C18H21ClN2O2. The zero-order valence-corrected chi connectivity index (χ0v) is 13.7. The molecule has 0 unspecified atom stereocenters. The number of halogens is 1. The van der Waals surface area contributed by atoms with Gasteiger partial charge < -0.3 is 10.7 Å². The summed E-state index contributed by atoms with van der Waals surface area (Å²) in [7, 11) is 0. The highest BCUT2D eigenvalue weighted by molar-refractivity contribution is 6.32. The van der Waals surface area contributed by atoms with Gasteiger partial charge in [-0.25, -0.2) is 0 Å². The molecule has 0 amide bonds. The smallest absolute Gasteiger partial charge is 0.255 e. The van der Waals surface area contributed by atoms with Crippen molar-refractivity contribution >= 4 is 28.2 Å². The first-order valence-electron chi connectivity index (χ1n) is 8.14. The van der Waals surface area contributed by atoms with Gasteiger partial charge in [-0.05, 0) is 47.9 Å². The SMILES string of the molecule is N[C@H](C(=O)Cc1cc2cc[nH]c(=O)c2cc1Cl)C1CCCCC1. The number of aromatic amines is 1. The summed E-state index contributed by atoms with van der Waals surface area (Å²) in [6.45, 7) is 0. The van der Waals surface area contributed by atoms with Crippen LogP contribution in [0.4, 0.5) is 0 Å². The number of carbonyl (C=O) groups is 1. The van der Waals surface area contributed by atoms with Gasteiger partial charge in [0.25, 0.3) is 5.56 Å². The first-order valence-corrected chi connectivity index (χ1v) is 8.52. The molecule has 0 aliphatic heterocycles. The Balaban J connectivity index is 1.81. The molecular weight excluding hydrogens is 312 g/mol. The Kier molecular flexibility index (Phi) is 4.83. The molecule has 1 aliphatic carbocycles. The first kappa shape index (κ1) is 16.2. The van der Waals surface area contributed by atoms with Crippen molar-refractivity contribution < 1.29 is 4.79 Å². The third-order valence-corrected chi connectivity index (χ3v) is 5.19. The highest BCUT2D eigenvalue weighted by Crippen LogP contribution is 2.28. The van der Waals surface area contributed by atoms with Gasteiger partial charge in [0.15, 0.2) is 5.78 Å². The number of benzene rings is 1. The van der Waals surface area contributed by atoms with Gasteiger partial charge in [-0.2, -0.15) is 0 Å². The number of pyridine rings is 1. The molecule has 0 saturated heterocycles. The van der Waals surface area contributed by atoms with Crippen molar-refractivity contribution in [2.45, 2.75) is 44.6 Å². The van der Waals surface area contributed by atoms with Crippen LogP contribution in [0.1, 0.15) is 37.7 Å². The number of fused-ring (bicyclic) bond motifs is 1. The maximum atomic E-state index is 12.5. The van der Waals surface area contributed by atoms with Crippen molar-refractivity contribution in [1.29, 1.82) is 0 Å². The Bertz CT molecular complexity index is 778. The van der Waals surface area contributed by atoms with Crippen LogP contribution >= 0.6 is 11.6 Å². The number of Topliss-reactive ketones (excluding diaryl/α,β-unsaturated/α-hetero) is 1. The van der Waals surface area contributed by atoms with Crippen LogP contribution in [-0.2, 0) is 11.2 Å². The molecule has 1 saturated carbocycles. The Morgan fingerprint density at radius 2 is 2.04 bits per heavy atom. The third-order valence-electron chi connectivity index (χ3n) is 4.83. The zero-order chi connectivity index (χ0) is 16.4. The van der Waals surface area contributed by atoms with E-state index in [1.165, 1.54) is 6.42 Å². The number of aromatic nitrogens is 1. The standard InChI is InChI=1S/C18H21ClN2O2/c19-15-10-14-12(6-7-21-18(14)23)8-13(15)9-16(22)17(20)11-4-2-1-3-5-11/h6-8,10-11,17H,1-5,9,20H2,(H,21,23)/t17-/m0/s1. The highest BCUT2D eigenvalue weighted by Gasteiger charge is 2.26. The molecule has 1 heterocycles. The lowest BCUT2D eigenvalue weighted by Crippen LogP contribution is -2.40. The van der Waals surface area contributed by atoms with E-state index in [-0.39, 0.29) is 17.8 Å². The van der Waals surface area contributed by atoms with Crippen LogP contribution in [0.5, 0.6) is 0 Å². The van der Waals surface area contributed by atoms with Crippen molar-refractivity contribution in [2.75, 3.05) is 0 Å². The second-order valence-electron chi connectivity index (χ2n) is 6.40. The van der Waals surface area contributed by atoms with Crippen molar-refractivity contribution in [3.63, 3.8) is 0 Å². The summed E-state index contributed by atoms with van der Waals surface area (Å²) in [5.41, 5.74) is 6.74. The van der Waals surface area contributed by atoms with Crippen molar-refractivity contribution in [2.24, 2.45) is 11.7 Å². The van der Waals surface area contributed by atoms with Crippen LogP contribution in [-0.4, -0.2) is 16.8 Å². The van der Waals surface area contributed by atoms with Crippen molar-refractivity contribution in [3.8, 4) is 0 Å². The minimum atomic E-state index is -0.416. The van der Waals surface area contributed by atoms with Gasteiger partial charge in [-0.15, -0.1) is 0 Å². The predicted octanol–water partition coefficient (Wildman–Crippen LogP) is 3.20. The maximum Gasteiger partial charge on any atom is 0.255 e. The summed E-state index contributed by atoms with van der Waals surface area (Å²) in [4.78, 5) is 26.9. The first-order chi connectivity index (χ1) is 11.1. The quantitative estimate of drug-likeness (QED) is 0.902. The zero-order valence-electron chi connectivity index (χ0n) is 13.0. The molecule has 1 aromatic heterocycles. The normalized spacial score (nSPS) is 17.3. The highest BCUT2D eigenvalue weighted by atomic mass is 35.5. The van der Waals surface area contributed by atoms with E-state index in [1.54, 1.807) is 12.3 Å². The van der Waals surface area contributed by atoms with Crippen LogP contribution < -0.4 is 11.3 Å². The summed E-state index contributed by atoms with van der Waals surface area (Å²) in [6.07, 6.45) is 7.44. The fraction of sp³-hybridized carbons (Fsp3) is 0.444. The lowest BCUT2D eigenvalue weighted by molar-refractivity contribution is -0.121. The number of hydrogen-bond donors (Lipinski definition) is 2. The Morgan fingerprint density at radius 1 is 1.30 bits per heavy atom. The fourth-order valence-electron chi connectivity index (χ4n) is 3.45. The van der Waals surface area contributed by atoms with Gasteiger partial charge in [-0.3, -0.25) is 9.59 Å². The fourth-order valence-corrected chi connectivity index (χ4v) is 3.68. The van der Waals surface area contributed by atoms with Gasteiger partial charge >= 0.3 is 0 Å². The number of hydrogen-bond acceptors (Lipinski definition) is 3. The van der Waals surface area contributed by atoms with Gasteiger partial charge in [0.2, 0.25) is 0 Å². The molecule has 2 aromatic rings. The van der Waals surface area contributed by atoms with E-state index in [1.807, 2.05) is 12.1 Å². The molecule has 0 radical (unpaired) electrons. The largest absolute Gasteiger partial charge is 0.329 e. The second kappa shape index (κ2) is 6.85. The molecule has 1 atom stereocenters.